The van der Waals surface area contributed by atoms with Crippen LogP contribution in [-0.4, -0.2) is 38.1 Å². The summed E-state index contributed by atoms with van der Waals surface area (Å²) >= 11 is 1.25. The molecule has 3 rings (SSSR count). The molecule has 1 aliphatic carbocycles. The second-order valence-corrected chi connectivity index (χ2v) is 11.0. The lowest BCUT2D eigenvalue weighted by atomic mass is 9.87. The molecule has 1 fully saturated rings. The first-order chi connectivity index (χ1) is 14.8. The summed E-state index contributed by atoms with van der Waals surface area (Å²) < 4.78 is 28.5. The summed E-state index contributed by atoms with van der Waals surface area (Å²) in [5, 5.41) is 3.32. The number of anilines is 1. The van der Waals surface area contributed by atoms with Crippen molar-refractivity contribution < 1.29 is 22.7 Å². The summed E-state index contributed by atoms with van der Waals surface area (Å²) in [6.07, 6.45) is 8.14. The highest BCUT2D eigenvalue weighted by molar-refractivity contribution is 7.90. The van der Waals surface area contributed by atoms with Crippen molar-refractivity contribution in [2.24, 2.45) is 5.92 Å². The van der Waals surface area contributed by atoms with E-state index in [0.29, 0.717) is 24.1 Å². The minimum atomic E-state index is -3.29. The number of thiazole rings is 1. The maximum absolute atomic E-state index is 13.2. The molecule has 1 amide bonds. The van der Waals surface area contributed by atoms with Crippen LogP contribution < -0.4 is 5.32 Å². The molecule has 1 aromatic heterocycles. The molecule has 1 N–H and O–H groups in total. The number of sulfone groups is 1. The second kappa shape index (κ2) is 10.4. The van der Waals surface area contributed by atoms with E-state index in [-0.39, 0.29) is 23.2 Å². The molecule has 1 aromatic carbocycles. The summed E-state index contributed by atoms with van der Waals surface area (Å²) in [5.74, 6) is -0.416. The fourth-order valence-electron chi connectivity index (χ4n) is 3.92. The van der Waals surface area contributed by atoms with Gasteiger partial charge in [-0.05, 0) is 37.0 Å². The molecule has 31 heavy (non-hydrogen) atoms. The van der Waals surface area contributed by atoms with Crippen LogP contribution in [0.25, 0.3) is 0 Å². The number of hydrogen-bond donors (Lipinski definition) is 1. The highest BCUT2D eigenvalue weighted by Crippen LogP contribution is 2.35. The monoisotopic (exact) mass is 464 g/mol. The topological polar surface area (TPSA) is 102 Å². The number of benzene rings is 1. The van der Waals surface area contributed by atoms with Crippen molar-refractivity contribution in [2.45, 2.75) is 56.3 Å². The molecule has 1 atom stereocenters. The van der Waals surface area contributed by atoms with Gasteiger partial charge >= 0.3 is 5.97 Å². The van der Waals surface area contributed by atoms with E-state index in [9.17, 15) is 18.0 Å². The molecule has 1 heterocycles. The maximum atomic E-state index is 13.2. The number of aromatic nitrogens is 1. The van der Waals surface area contributed by atoms with E-state index in [4.69, 9.17) is 4.74 Å². The number of carbonyl (C=O) groups excluding carboxylic acids is 2. The lowest BCUT2D eigenvalue weighted by molar-refractivity contribution is -0.142. The molecule has 2 aromatic rings. The minimum Gasteiger partial charge on any atom is -0.466 e. The van der Waals surface area contributed by atoms with Gasteiger partial charge in [-0.25, -0.2) is 13.4 Å². The van der Waals surface area contributed by atoms with Crippen LogP contribution in [0.15, 0.2) is 35.4 Å². The van der Waals surface area contributed by atoms with Crippen molar-refractivity contribution >= 4 is 38.2 Å². The first-order valence-corrected chi connectivity index (χ1v) is 13.2. The molecule has 0 aliphatic heterocycles. The van der Waals surface area contributed by atoms with Gasteiger partial charge in [0, 0.05) is 17.3 Å². The smallest absolute Gasteiger partial charge is 0.311 e. The number of carbonyl (C=O) groups is 2. The molecule has 9 heteroatoms. The van der Waals surface area contributed by atoms with Gasteiger partial charge in [0.1, 0.15) is 0 Å². The number of hydrogen-bond acceptors (Lipinski definition) is 7. The maximum Gasteiger partial charge on any atom is 0.311 e. The molecule has 1 unspecified atom stereocenters. The normalized spacial score (nSPS) is 15.5. The van der Waals surface area contributed by atoms with Gasteiger partial charge in [0.15, 0.2) is 15.0 Å². The summed E-state index contributed by atoms with van der Waals surface area (Å²) in [5.41, 5.74) is 0.792. The van der Waals surface area contributed by atoms with E-state index in [1.807, 2.05) is 0 Å². The van der Waals surface area contributed by atoms with Crippen LogP contribution in [0.2, 0.25) is 0 Å². The zero-order valence-electron chi connectivity index (χ0n) is 17.8. The third-order valence-corrected chi connectivity index (χ3v) is 7.52. The average Bonchev–Trinajstić information content (AvgIpc) is 3.38. The van der Waals surface area contributed by atoms with Crippen LogP contribution in [0.4, 0.5) is 5.13 Å². The third-order valence-electron chi connectivity index (χ3n) is 5.48. The third kappa shape index (κ3) is 6.61. The molecule has 0 radical (unpaired) electrons. The zero-order chi connectivity index (χ0) is 22.4. The lowest BCUT2D eigenvalue weighted by Crippen LogP contribution is -2.23. The second-order valence-electron chi connectivity index (χ2n) is 7.88. The Bertz CT molecular complexity index is 1010. The molecule has 1 saturated carbocycles. The van der Waals surface area contributed by atoms with E-state index in [0.717, 1.165) is 23.3 Å². The Balaban J connectivity index is 1.75. The van der Waals surface area contributed by atoms with Gasteiger partial charge in [-0.15, -0.1) is 11.3 Å². The van der Waals surface area contributed by atoms with Crippen molar-refractivity contribution in [3.8, 4) is 0 Å². The highest BCUT2D eigenvalue weighted by Gasteiger charge is 2.27. The molecule has 168 valence electrons. The Morgan fingerprint density at radius 3 is 2.52 bits per heavy atom. The van der Waals surface area contributed by atoms with E-state index < -0.39 is 15.8 Å². The fourth-order valence-corrected chi connectivity index (χ4v) is 5.35. The lowest BCUT2D eigenvalue weighted by Gasteiger charge is -2.20. The molecule has 7 nitrogen and oxygen atoms in total. The van der Waals surface area contributed by atoms with Crippen molar-refractivity contribution in [3.63, 3.8) is 0 Å². The molecular formula is C22H28N2O5S2. The van der Waals surface area contributed by atoms with Crippen molar-refractivity contribution in [2.75, 3.05) is 18.2 Å². The summed E-state index contributed by atoms with van der Waals surface area (Å²) in [4.78, 5) is 30.0. The molecule has 0 bridgehead atoms. The molecule has 0 saturated heterocycles. The van der Waals surface area contributed by atoms with Gasteiger partial charge in [-0.2, -0.15) is 0 Å². The van der Waals surface area contributed by atoms with Crippen molar-refractivity contribution in [1.82, 2.24) is 4.98 Å². The highest BCUT2D eigenvalue weighted by atomic mass is 32.2. The first kappa shape index (κ1) is 23.4. The Hall–Kier alpha value is -2.26. The van der Waals surface area contributed by atoms with Gasteiger partial charge in [-0.3, -0.25) is 9.59 Å². The van der Waals surface area contributed by atoms with E-state index in [1.165, 1.54) is 30.4 Å². The van der Waals surface area contributed by atoms with Gasteiger partial charge in [0.2, 0.25) is 5.91 Å². The largest absolute Gasteiger partial charge is 0.466 e. The van der Waals surface area contributed by atoms with Crippen molar-refractivity contribution in [1.29, 1.82) is 0 Å². The minimum absolute atomic E-state index is 0.125. The van der Waals surface area contributed by atoms with E-state index in [1.54, 1.807) is 37.4 Å². The number of ether oxygens (including phenoxy) is 1. The van der Waals surface area contributed by atoms with E-state index >= 15 is 0 Å². The Kier molecular flexibility index (Phi) is 7.83. The van der Waals surface area contributed by atoms with Gasteiger partial charge in [0.05, 0.1) is 23.8 Å². The van der Waals surface area contributed by atoms with Gasteiger partial charge in [-0.1, -0.05) is 37.8 Å². The fraction of sp³-hybridized carbons (Fsp3) is 0.500. The number of nitrogens with zero attached hydrogens (tertiary/aromatic N) is 1. The summed E-state index contributed by atoms with van der Waals surface area (Å²) in [7, 11) is -3.29. The van der Waals surface area contributed by atoms with Crippen LogP contribution in [0.1, 0.15) is 55.4 Å². The Morgan fingerprint density at radius 2 is 1.90 bits per heavy atom. The van der Waals surface area contributed by atoms with Crippen LogP contribution in [0, 0.1) is 5.92 Å². The number of esters is 1. The zero-order valence-corrected chi connectivity index (χ0v) is 19.4. The molecule has 0 spiro atoms. The summed E-state index contributed by atoms with van der Waals surface area (Å²) in [6, 6.07) is 6.56. The molecule has 1 aliphatic rings. The van der Waals surface area contributed by atoms with Crippen LogP contribution >= 0.6 is 11.3 Å². The van der Waals surface area contributed by atoms with Gasteiger partial charge in [0.25, 0.3) is 0 Å². The average molecular weight is 465 g/mol. The van der Waals surface area contributed by atoms with Crippen LogP contribution in [0.3, 0.4) is 0 Å². The standard InChI is InChI=1S/C22H28N2O5S2/c1-3-29-20(25)13-17-14-23-22(30-17)24-21(26)19(12-15-6-4-5-7-15)16-8-10-18(11-9-16)31(2,27)28/h8-11,14-15,19H,3-7,12-13H2,1-2H3,(H,23,24,26). The van der Waals surface area contributed by atoms with Crippen molar-refractivity contribution in [3.05, 3.63) is 40.9 Å². The summed E-state index contributed by atoms with van der Waals surface area (Å²) in [6.45, 7) is 2.07. The van der Waals surface area contributed by atoms with Crippen LogP contribution in [0.5, 0.6) is 0 Å². The first-order valence-electron chi connectivity index (χ1n) is 10.5. The van der Waals surface area contributed by atoms with Gasteiger partial charge < -0.3 is 10.1 Å². The Labute approximate surface area is 187 Å². The number of rotatable bonds is 9. The quantitative estimate of drug-likeness (QED) is 0.564. The predicted octanol–water partition coefficient (Wildman–Crippen LogP) is 3.95. The van der Waals surface area contributed by atoms with E-state index in [2.05, 4.69) is 10.3 Å². The number of nitrogens with one attached hydrogen (secondary N) is 1. The van der Waals surface area contributed by atoms with Crippen LogP contribution in [-0.2, 0) is 30.6 Å². The Morgan fingerprint density at radius 1 is 1.23 bits per heavy atom. The predicted molar refractivity (Wildman–Crippen MR) is 120 cm³/mol. The number of amides is 1. The SMILES string of the molecule is CCOC(=O)Cc1cnc(NC(=O)C(CC2CCCC2)c2ccc(S(C)(=O)=O)cc2)s1. The molecular weight excluding hydrogens is 436 g/mol.